The molecule has 0 unspecified atom stereocenters. The quantitative estimate of drug-likeness (QED) is 0.434. The van der Waals surface area contributed by atoms with Crippen LogP contribution in [0.25, 0.3) is 0 Å². The molecule has 0 aromatic rings. The van der Waals surface area contributed by atoms with E-state index in [0.29, 0.717) is 6.61 Å². The number of rotatable bonds is 4. The van der Waals surface area contributed by atoms with Gasteiger partial charge in [-0.3, -0.25) is 0 Å². The Morgan fingerprint density at radius 1 is 1.70 bits per heavy atom. The summed E-state index contributed by atoms with van der Waals surface area (Å²) in [5.41, 5.74) is 0.281. The van der Waals surface area contributed by atoms with Gasteiger partial charge in [0, 0.05) is 5.41 Å². The second-order valence-electron chi connectivity index (χ2n) is 3.11. The first-order valence-corrected chi connectivity index (χ1v) is 3.53. The van der Waals surface area contributed by atoms with Crippen LogP contribution in [-0.2, 0) is 9.47 Å². The van der Waals surface area contributed by atoms with Crippen molar-refractivity contribution in [1.29, 1.82) is 0 Å². The Balaban J connectivity index is 2.06. The van der Waals surface area contributed by atoms with E-state index in [9.17, 15) is 0 Å². The van der Waals surface area contributed by atoms with Crippen LogP contribution < -0.4 is 0 Å². The van der Waals surface area contributed by atoms with Crippen molar-refractivity contribution >= 4 is 0 Å². The van der Waals surface area contributed by atoms with Crippen molar-refractivity contribution in [1.82, 2.24) is 0 Å². The van der Waals surface area contributed by atoms with Crippen molar-refractivity contribution < 1.29 is 9.47 Å². The predicted molar refractivity (Wildman–Crippen MR) is 39.9 cm³/mol. The molecule has 0 radical (unpaired) electrons. The SMILES string of the molecule is C=CCOCC1(C)COC1. The summed E-state index contributed by atoms with van der Waals surface area (Å²) in [5, 5.41) is 0. The highest BCUT2D eigenvalue weighted by Crippen LogP contribution is 2.26. The summed E-state index contributed by atoms with van der Waals surface area (Å²) in [6.45, 7) is 8.85. The summed E-state index contributed by atoms with van der Waals surface area (Å²) < 4.78 is 10.4. The maximum Gasteiger partial charge on any atom is 0.0645 e. The van der Waals surface area contributed by atoms with Gasteiger partial charge in [-0.25, -0.2) is 0 Å². The molecule has 0 spiro atoms. The molecule has 0 aromatic heterocycles. The van der Waals surface area contributed by atoms with Gasteiger partial charge in [0.2, 0.25) is 0 Å². The Labute approximate surface area is 61.8 Å². The molecule has 0 atom stereocenters. The fourth-order valence-corrected chi connectivity index (χ4v) is 0.923. The normalized spacial score (nSPS) is 21.7. The fourth-order valence-electron chi connectivity index (χ4n) is 0.923. The van der Waals surface area contributed by atoms with Crippen molar-refractivity contribution in [2.75, 3.05) is 26.4 Å². The lowest BCUT2D eigenvalue weighted by Gasteiger charge is -2.37. The van der Waals surface area contributed by atoms with Crippen LogP contribution in [-0.4, -0.2) is 26.4 Å². The van der Waals surface area contributed by atoms with Crippen LogP contribution in [0, 0.1) is 5.41 Å². The summed E-state index contributed by atoms with van der Waals surface area (Å²) >= 11 is 0. The second-order valence-corrected chi connectivity index (χ2v) is 3.11. The predicted octanol–water partition coefficient (Wildman–Crippen LogP) is 1.23. The maximum atomic E-state index is 5.29. The van der Waals surface area contributed by atoms with Crippen LogP contribution in [0.1, 0.15) is 6.92 Å². The zero-order chi connectivity index (χ0) is 7.45. The molecule has 1 saturated heterocycles. The summed E-state index contributed by atoms with van der Waals surface area (Å²) in [7, 11) is 0. The molecule has 1 heterocycles. The summed E-state index contributed by atoms with van der Waals surface area (Å²) in [6.07, 6.45) is 1.77. The highest BCUT2D eigenvalue weighted by molar-refractivity contribution is 4.80. The van der Waals surface area contributed by atoms with E-state index in [1.807, 2.05) is 0 Å². The first kappa shape index (κ1) is 7.76. The van der Waals surface area contributed by atoms with Gasteiger partial charge in [0.05, 0.1) is 26.4 Å². The van der Waals surface area contributed by atoms with Crippen molar-refractivity contribution in [2.45, 2.75) is 6.92 Å². The highest BCUT2D eigenvalue weighted by Gasteiger charge is 2.33. The molecule has 1 aliphatic heterocycles. The van der Waals surface area contributed by atoms with E-state index in [1.54, 1.807) is 6.08 Å². The van der Waals surface area contributed by atoms with E-state index < -0.39 is 0 Å². The summed E-state index contributed by atoms with van der Waals surface area (Å²) in [5.74, 6) is 0. The van der Waals surface area contributed by atoms with Gasteiger partial charge in [-0.1, -0.05) is 13.0 Å². The Morgan fingerprint density at radius 3 is 2.80 bits per heavy atom. The summed E-state index contributed by atoms with van der Waals surface area (Å²) in [6, 6.07) is 0. The maximum absolute atomic E-state index is 5.29. The third-order valence-electron chi connectivity index (χ3n) is 1.59. The minimum absolute atomic E-state index is 0.281. The zero-order valence-electron chi connectivity index (χ0n) is 6.43. The Hall–Kier alpha value is -0.340. The van der Waals surface area contributed by atoms with E-state index in [2.05, 4.69) is 13.5 Å². The van der Waals surface area contributed by atoms with Crippen molar-refractivity contribution in [3.63, 3.8) is 0 Å². The number of hydrogen-bond acceptors (Lipinski definition) is 2. The highest BCUT2D eigenvalue weighted by atomic mass is 16.5. The molecule has 2 heteroatoms. The first-order valence-electron chi connectivity index (χ1n) is 3.53. The van der Waals surface area contributed by atoms with Crippen molar-refractivity contribution in [3.8, 4) is 0 Å². The zero-order valence-corrected chi connectivity index (χ0v) is 6.43. The molecule has 1 fully saturated rings. The van der Waals surface area contributed by atoms with E-state index >= 15 is 0 Å². The lowest BCUT2D eigenvalue weighted by molar-refractivity contribution is -0.135. The van der Waals surface area contributed by atoms with E-state index in [1.165, 1.54) is 0 Å². The van der Waals surface area contributed by atoms with E-state index in [-0.39, 0.29) is 5.41 Å². The molecule has 58 valence electrons. The number of hydrogen-bond donors (Lipinski definition) is 0. The van der Waals surface area contributed by atoms with Gasteiger partial charge in [0.25, 0.3) is 0 Å². The average Bonchev–Trinajstić information content (AvgIpc) is 1.85. The Morgan fingerprint density at radius 2 is 2.40 bits per heavy atom. The van der Waals surface area contributed by atoms with E-state index in [4.69, 9.17) is 9.47 Å². The molecule has 0 saturated carbocycles. The Kier molecular flexibility index (Phi) is 2.46. The van der Waals surface area contributed by atoms with Gasteiger partial charge in [0.1, 0.15) is 0 Å². The van der Waals surface area contributed by atoms with Gasteiger partial charge in [-0.15, -0.1) is 6.58 Å². The fraction of sp³-hybridized carbons (Fsp3) is 0.750. The first-order chi connectivity index (χ1) is 4.77. The van der Waals surface area contributed by atoms with Crippen molar-refractivity contribution in [3.05, 3.63) is 12.7 Å². The lowest BCUT2D eigenvalue weighted by atomic mass is 9.90. The minimum atomic E-state index is 0.281. The third kappa shape index (κ3) is 1.82. The summed E-state index contributed by atoms with van der Waals surface area (Å²) in [4.78, 5) is 0. The second kappa shape index (κ2) is 3.17. The van der Waals surface area contributed by atoms with E-state index in [0.717, 1.165) is 19.8 Å². The smallest absolute Gasteiger partial charge is 0.0645 e. The topological polar surface area (TPSA) is 18.5 Å². The van der Waals surface area contributed by atoms with Crippen LogP contribution in [0.15, 0.2) is 12.7 Å². The Bertz CT molecular complexity index is 116. The van der Waals surface area contributed by atoms with Gasteiger partial charge in [0.15, 0.2) is 0 Å². The molecule has 1 aliphatic rings. The molecule has 1 rings (SSSR count). The van der Waals surface area contributed by atoms with Gasteiger partial charge < -0.3 is 9.47 Å². The van der Waals surface area contributed by atoms with Gasteiger partial charge in [-0.05, 0) is 0 Å². The largest absolute Gasteiger partial charge is 0.380 e. The van der Waals surface area contributed by atoms with Gasteiger partial charge >= 0.3 is 0 Å². The van der Waals surface area contributed by atoms with Crippen LogP contribution in [0.5, 0.6) is 0 Å². The average molecular weight is 142 g/mol. The third-order valence-corrected chi connectivity index (χ3v) is 1.59. The molecule has 0 bridgehead atoms. The standard InChI is InChI=1S/C8H14O2/c1-3-4-9-5-8(2)6-10-7-8/h3H,1,4-7H2,2H3. The van der Waals surface area contributed by atoms with Gasteiger partial charge in [-0.2, -0.15) is 0 Å². The minimum Gasteiger partial charge on any atom is -0.380 e. The molecule has 0 aliphatic carbocycles. The molecule has 10 heavy (non-hydrogen) atoms. The molecule has 2 nitrogen and oxygen atoms in total. The monoisotopic (exact) mass is 142 g/mol. The molecule has 0 N–H and O–H groups in total. The number of ether oxygens (including phenoxy) is 2. The van der Waals surface area contributed by atoms with Crippen LogP contribution in [0.2, 0.25) is 0 Å². The van der Waals surface area contributed by atoms with Crippen LogP contribution >= 0.6 is 0 Å². The lowest BCUT2D eigenvalue weighted by Crippen LogP contribution is -2.43. The molecular formula is C8H14O2. The molecule has 0 aromatic carbocycles. The van der Waals surface area contributed by atoms with Crippen LogP contribution in [0.3, 0.4) is 0 Å². The van der Waals surface area contributed by atoms with Crippen LogP contribution in [0.4, 0.5) is 0 Å². The molecular weight excluding hydrogens is 128 g/mol. The molecule has 0 amide bonds. The van der Waals surface area contributed by atoms with Crippen molar-refractivity contribution in [2.24, 2.45) is 5.41 Å².